The zero-order chi connectivity index (χ0) is 19.3. The van der Waals surface area contributed by atoms with Gasteiger partial charge < -0.3 is 18.9 Å². The molecule has 9 heteroatoms. The molecule has 1 heterocycles. The second kappa shape index (κ2) is 8.57. The highest BCUT2D eigenvalue weighted by molar-refractivity contribution is 5.70. The Hall–Kier alpha value is -1.74. The van der Waals surface area contributed by atoms with Crippen LogP contribution >= 0.6 is 0 Å². The minimum absolute atomic E-state index is 0.0863. The second-order valence-corrected chi connectivity index (χ2v) is 6.67. The highest BCUT2D eigenvalue weighted by Gasteiger charge is 2.54. The summed E-state index contributed by atoms with van der Waals surface area (Å²) in [5, 5.41) is 11.8. The van der Waals surface area contributed by atoms with Gasteiger partial charge in [-0.2, -0.15) is 0 Å². The lowest BCUT2D eigenvalue weighted by atomic mass is 9.77. The minimum atomic E-state index is -1.57. The third-order valence-corrected chi connectivity index (χ3v) is 4.45. The molecule has 0 spiro atoms. The molecule has 1 saturated heterocycles. The Balaban J connectivity index is 3.08. The number of rotatable bonds is 9. The van der Waals surface area contributed by atoms with Crippen molar-refractivity contribution in [1.82, 2.24) is 0 Å². The van der Waals surface area contributed by atoms with Gasteiger partial charge in [0.05, 0.1) is 45.2 Å². The van der Waals surface area contributed by atoms with E-state index >= 15 is 0 Å². The number of ether oxygens (including phenoxy) is 4. The van der Waals surface area contributed by atoms with E-state index in [1.54, 1.807) is 20.8 Å². The monoisotopic (exact) mass is 361 g/mol. The average Bonchev–Trinajstić information content (AvgIpc) is 2.89. The topological polar surface area (TPSA) is 114 Å². The maximum absolute atomic E-state index is 12.0. The molecule has 1 fully saturated rings. The summed E-state index contributed by atoms with van der Waals surface area (Å²) >= 11 is 0. The van der Waals surface area contributed by atoms with Crippen molar-refractivity contribution in [2.24, 2.45) is 5.92 Å². The summed E-state index contributed by atoms with van der Waals surface area (Å²) in [4.78, 5) is 34.8. The molecule has 144 valence electrons. The lowest BCUT2D eigenvalue weighted by molar-refractivity contribution is -0.580. The van der Waals surface area contributed by atoms with Crippen LogP contribution in [0.2, 0.25) is 0 Å². The van der Waals surface area contributed by atoms with E-state index in [4.69, 9.17) is 14.2 Å². The fraction of sp³-hybridized carbons (Fsp3) is 0.875. The van der Waals surface area contributed by atoms with E-state index in [9.17, 15) is 19.7 Å². The Kier molecular flexibility index (Phi) is 7.30. The zero-order valence-corrected chi connectivity index (χ0v) is 15.4. The molecule has 0 radical (unpaired) electrons. The molecular formula is C16H27NO8. The summed E-state index contributed by atoms with van der Waals surface area (Å²) in [5.74, 6) is -2.80. The Morgan fingerprint density at radius 1 is 1.40 bits per heavy atom. The van der Waals surface area contributed by atoms with Gasteiger partial charge in [-0.3, -0.25) is 19.7 Å². The Morgan fingerprint density at radius 2 is 2.04 bits per heavy atom. The lowest BCUT2D eigenvalue weighted by Gasteiger charge is -2.33. The first-order chi connectivity index (χ1) is 11.6. The molecule has 9 nitrogen and oxygen atoms in total. The predicted octanol–water partition coefficient (Wildman–Crippen LogP) is 1.70. The van der Waals surface area contributed by atoms with E-state index in [1.165, 1.54) is 14.0 Å². The van der Waals surface area contributed by atoms with Gasteiger partial charge in [-0.25, -0.2) is 0 Å². The van der Waals surface area contributed by atoms with Crippen LogP contribution in [0.5, 0.6) is 0 Å². The van der Waals surface area contributed by atoms with Crippen molar-refractivity contribution in [2.45, 2.75) is 64.4 Å². The smallest absolute Gasteiger partial charge is 0.306 e. The van der Waals surface area contributed by atoms with Crippen LogP contribution in [0.3, 0.4) is 0 Å². The van der Waals surface area contributed by atoms with Crippen LogP contribution in [0.1, 0.15) is 47.0 Å². The van der Waals surface area contributed by atoms with Crippen LogP contribution in [0.25, 0.3) is 0 Å². The number of nitro groups is 1. The van der Waals surface area contributed by atoms with Crippen LogP contribution in [-0.4, -0.2) is 54.6 Å². The molecule has 3 unspecified atom stereocenters. The van der Waals surface area contributed by atoms with E-state index in [0.29, 0.717) is 0 Å². The van der Waals surface area contributed by atoms with Crippen molar-refractivity contribution in [3.63, 3.8) is 0 Å². The number of carbonyl (C=O) groups is 2. The van der Waals surface area contributed by atoms with Crippen molar-refractivity contribution in [2.75, 3.05) is 20.3 Å². The molecule has 0 bridgehead atoms. The summed E-state index contributed by atoms with van der Waals surface area (Å²) in [7, 11) is 1.22. The molecule has 1 rings (SSSR count). The maximum atomic E-state index is 12.0. The average molecular weight is 361 g/mol. The van der Waals surface area contributed by atoms with Gasteiger partial charge in [-0.1, -0.05) is 0 Å². The molecule has 0 aliphatic carbocycles. The van der Waals surface area contributed by atoms with Crippen LogP contribution in [0, 0.1) is 16.0 Å². The van der Waals surface area contributed by atoms with Crippen LogP contribution in [0.4, 0.5) is 0 Å². The quantitative estimate of drug-likeness (QED) is 0.346. The Labute approximate surface area is 147 Å². The van der Waals surface area contributed by atoms with Gasteiger partial charge in [0.2, 0.25) is 5.54 Å². The fourth-order valence-corrected chi connectivity index (χ4v) is 2.93. The minimum Gasteiger partial charge on any atom is -0.469 e. The van der Waals surface area contributed by atoms with Crippen LogP contribution in [0.15, 0.2) is 0 Å². The van der Waals surface area contributed by atoms with Gasteiger partial charge in [0, 0.05) is 18.3 Å². The molecule has 0 saturated carbocycles. The summed E-state index contributed by atoms with van der Waals surface area (Å²) in [6.07, 6.45) is -1.08. The lowest BCUT2D eigenvalue weighted by Crippen LogP contribution is -2.50. The van der Waals surface area contributed by atoms with Crippen molar-refractivity contribution in [3.05, 3.63) is 10.1 Å². The van der Waals surface area contributed by atoms with Crippen molar-refractivity contribution in [3.8, 4) is 0 Å². The first kappa shape index (κ1) is 21.3. The maximum Gasteiger partial charge on any atom is 0.306 e. The number of carbonyl (C=O) groups excluding carboxylic acids is 2. The third kappa shape index (κ3) is 5.64. The Morgan fingerprint density at radius 3 is 2.48 bits per heavy atom. The van der Waals surface area contributed by atoms with Gasteiger partial charge in [0.15, 0.2) is 5.79 Å². The van der Waals surface area contributed by atoms with E-state index in [-0.39, 0.29) is 32.5 Å². The molecular weight excluding hydrogens is 334 g/mol. The predicted molar refractivity (Wildman–Crippen MR) is 86.3 cm³/mol. The van der Waals surface area contributed by atoms with E-state index < -0.39 is 40.2 Å². The highest BCUT2D eigenvalue weighted by atomic mass is 16.7. The second-order valence-electron chi connectivity index (χ2n) is 6.67. The number of esters is 2. The first-order valence-electron chi connectivity index (χ1n) is 8.24. The molecule has 0 aromatic rings. The van der Waals surface area contributed by atoms with Crippen molar-refractivity contribution >= 4 is 11.9 Å². The molecule has 1 aliphatic rings. The van der Waals surface area contributed by atoms with E-state index in [2.05, 4.69) is 4.74 Å². The van der Waals surface area contributed by atoms with Crippen LogP contribution in [-0.2, 0) is 28.5 Å². The number of hydrogen-bond donors (Lipinski definition) is 0. The van der Waals surface area contributed by atoms with Gasteiger partial charge >= 0.3 is 11.9 Å². The van der Waals surface area contributed by atoms with Gasteiger partial charge in [-0.05, 0) is 20.8 Å². The number of nitrogens with zero attached hydrogens (tertiary/aromatic N) is 1. The van der Waals surface area contributed by atoms with Gasteiger partial charge in [0.25, 0.3) is 0 Å². The zero-order valence-electron chi connectivity index (χ0n) is 15.4. The van der Waals surface area contributed by atoms with Crippen molar-refractivity contribution in [1.29, 1.82) is 0 Å². The van der Waals surface area contributed by atoms with E-state index in [0.717, 1.165) is 0 Å². The molecule has 0 aromatic heterocycles. The number of methoxy groups -OCH3 is 1. The summed E-state index contributed by atoms with van der Waals surface area (Å²) in [6, 6.07) is 0. The Bertz CT molecular complexity index is 506. The largest absolute Gasteiger partial charge is 0.469 e. The number of hydrogen-bond acceptors (Lipinski definition) is 8. The highest BCUT2D eigenvalue weighted by Crippen LogP contribution is 2.38. The van der Waals surface area contributed by atoms with Gasteiger partial charge in [0.1, 0.15) is 0 Å². The normalized spacial score (nSPS) is 22.7. The molecule has 25 heavy (non-hydrogen) atoms. The first-order valence-corrected chi connectivity index (χ1v) is 8.24. The molecule has 3 atom stereocenters. The van der Waals surface area contributed by atoms with Gasteiger partial charge in [-0.15, -0.1) is 0 Å². The summed E-state index contributed by atoms with van der Waals surface area (Å²) in [5.41, 5.74) is -1.57. The van der Waals surface area contributed by atoms with Crippen molar-refractivity contribution < 1.29 is 33.5 Å². The molecule has 0 aromatic carbocycles. The molecule has 0 N–H and O–H groups in total. The molecule has 1 aliphatic heterocycles. The summed E-state index contributed by atoms with van der Waals surface area (Å²) < 4.78 is 20.8. The standard InChI is InChI=1S/C16H27NO8/c1-6-23-14(19)9-11(12-10-24-15(2,3)25-12)16(4,17(20)21)8-7-13(18)22-5/h11-12H,6-10H2,1-5H3. The van der Waals surface area contributed by atoms with Crippen LogP contribution < -0.4 is 0 Å². The fourth-order valence-electron chi connectivity index (χ4n) is 2.93. The third-order valence-electron chi connectivity index (χ3n) is 4.45. The van der Waals surface area contributed by atoms with E-state index in [1.807, 2.05) is 0 Å². The SMILES string of the molecule is CCOC(=O)CC(C1COC(C)(C)O1)C(C)(CCC(=O)OC)[N+](=O)[O-]. The summed E-state index contributed by atoms with van der Waals surface area (Å²) in [6.45, 7) is 6.78. The molecule has 0 amide bonds.